The Balaban J connectivity index is 2.67. The second-order valence-corrected chi connectivity index (χ2v) is 5.38. The molecule has 2 rings (SSSR count). The molecule has 0 fully saturated rings. The topological polar surface area (TPSA) is 88.1 Å². The van der Waals surface area contributed by atoms with Gasteiger partial charge in [0.15, 0.2) is 5.82 Å². The van der Waals surface area contributed by atoms with Gasteiger partial charge in [-0.2, -0.15) is 0 Å². The van der Waals surface area contributed by atoms with Crippen molar-refractivity contribution in [2.75, 3.05) is 20.0 Å². The summed E-state index contributed by atoms with van der Waals surface area (Å²) in [6.45, 7) is 6.04. The molecular weight excluding hydrogens is 258 g/mol. The van der Waals surface area contributed by atoms with Crippen molar-refractivity contribution in [3.05, 3.63) is 12.1 Å². The van der Waals surface area contributed by atoms with Gasteiger partial charge < -0.3 is 15.2 Å². The highest BCUT2D eigenvalue weighted by Gasteiger charge is 2.23. The van der Waals surface area contributed by atoms with Gasteiger partial charge in [0.2, 0.25) is 0 Å². The van der Waals surface area contributed by atoms with Gasteiger partial charge in [-0.1, -0.05) is 0 Å². The van der Waals surface area contributed by atoms with Gasteiger partial charge in [0.25, 0.3) is 0 Å². The SMILES string of the molecule is COc1cc(OC)c(N)c(-c2nnnn2C(C)(C)C)c1. The molecule has 2 aromatic rings. The zero-order chi connectivity index (χ0) is 14.9. The molecule has 108 valence electrons. The lowest BCUT2D eigenvalue weighted by molar-refractivity contribution is 0.350. The first kappa shape index (κ1) is 14.1. The summed E-state index contributed by atoms with van der Waals surface area (Å²) in [7, 11) is 3.14. The maximum atomic E-state index is 6.13. The van der Waals surface area contributed by atoms with E-state index in [9.17, 15) is 0 Å². The van der Waals surface area contributed by atoms with E-state index in [1.807, 2.05) is 20.8 Å². The normalized spacial score (nSPS) is 11.4. The number of ether oxygens (including phenoxy) is 2. The molecule has 2 N–H and O–H groups in total. The summed E-state index contributed by atoms with van der Waals surface area (Å²) in [5.41, 5.74) is 7.03. The van der Waals surface area contributed by atoms with E-state index in [0.717, 1.165) is 0 Å². The molecule has 7 heteroatoms. The first-order valence-electron chi connectivity index (χ1n) is 6.19. The Morgan fingerprint density at radius 2 is 1.85 bits per heavy atom. The van der Waals surface area contributed by atoms with Gasteiger partial charge in [-0.05, 0) is 37.3 Å². The highest BCUT2D eigenvalue weighted by atomic mass is 16.5. The van der Waals surface area contributed by atoms with E-state index in [1.165, 1.54) is 0 Å². The fourth-order valence-corrected chi connectivity index (χ4v) is 1.88. The van der Waals surface area contributed by atoms with Crippen LogP contribution in [0.15, 0.2) is 12.1 Å². The zero-order valence-corrected chi connectivity index (χ0v) is 12.3. The third-order valence-electron chi connectivity index (χ3n) is 2.92. The third-order valence-corrected chi connectivity index (χ3v) is 2.92. The molecule has 1 aromatic heterocycles. The number of nitrogen functional groups attached to an aromatic ring is 1. The van der Waals surface area contributed by atoms with Crippen molar-refractivity contribution in [2.24, 2.45) is 0 Å². The van der Waals surface area contributed by atoms with Crippen LogP contribution in [0.1, 0.15) is 20.8 Å². The van der Waals surface area contributed by atoms with Crippen LogP contribution in [-0.4, -0.2) is 34.4 Å². The van der Waals surface area contributed by atoms with E-state index >= 15 is 0 Å². The van der Waals surface area contributed by atoms with Gasteiger partial charge in [0, 0.05) is 6.07 Å². The van der Waals surface area contributed by atoms with Crippen molar-refractivity contribution in [3.63, 3.8) is 0 Å². The van der Waals surface area contributed by atoms with Crippen molar-refractivity contribution in [3.8, 4) is 22.9 Å². The molecule has 0 radical (unpaired) electrons. The average molecular weight is 277 g/mol. The quantitative estimate of drug-likeness (QED) is 0.859. The van der Waals surface area contributed by atoms with E-state index < -0.39 is 0 Å². The van der Waals surface area contributed by atoms with Crippen LogP contribution in [0.25, 0.3) is 11.4 Å². The Morgan fingerprint density at radius 3 is 2.40 bits per heavy atom. The molecule has 0 saturated carbocycles. The van der Waals surface area contributed by atoms with Crippen molar-refractivity contribution >= 4 is 5.69 Å². The zero-order valence-electron chi connectivity index (χ0n) is 12.3. The molecule has 1 heterocycles. The van der Waals surface area contributed by atoms with Gasteiger partial charge in [-0.15, -0.1) is 5.10 Å². The van der Waals surface area contributed by atoms with Crippen LogP contribution < -0.4 is 15.2 Å². The number of aromatic nitrogens is 4. The van der Waals surface area contributed by atoms with E-state index in [-0.39, 0.29) is 5.54 Å². The van der Waals surface area contributed by atoms with Crippen molar-refractivity contribution in [1.29, 1.82) is 0 Å². The highest BCUT2D eigenvalue weighted by molar-refractivity contribution is 5.78. The monoisotopic (exact) mass is 277 g/mol. The largest absolute Gasteiger partial charge is 0.497 e. The summed E-state index contributed by atoms with van der Waals surface area (Å²) in [4.78, 5) is 0. The van der Waals surface area contributed by atoms with E-state index in [0.29, 0.717) is 28.6 Å². The molecule has 0 aliphatic rings. The minimum atomic E-state index is -0.262. The molecule has 0 unspecified atom stereocenters. The number of benzene rings is 1. The summed E-state index contributed by atoms with van der Waals surface area (Å²) in [5, 5.41) is 11.9. The number of hydrogen-bond acceptors (Lipinski definition) is 6. The Bertz CT molecular complexity index is 616. The summed E-state index contributed by atoms with van der Waals surface area (Å²) in [6, 6.07) is 3.52. The Labute approximate surface area is 117 Å². The Hall–Kier alpha value is -2.31. The maximum Gasteiger partial charge on any atom is 0.184 e. The summed E-state index contributed by atoms with van der Waals surface area (Å²) in [6.07, 6.45) is 0. The number of tetrazole rings is 1. The molecular formula is C13H19N5O2. The first-order chi connectivity index (χ1) is 9.38. The minimum absolute atomic E-state index is 0.262. The molecule has 0 aliphatic heterocycles. The van der Waals surface area contributed by atoms with Gasteiger partial charge >= 0.3 is 0 Å². The molecule has 20 heavy (non-hydrogen) atoms. The number of rotatable bonds is 3. The second-order valence-electron chi connectivity index (χ2n) is 5.38. The molecule has 0 spiro atoms. The van der Waals surface area contributed by atoms with Crippen LogP contribution in [0.3, 0.4) is 0 Å². The van der Waals surface area contributed by atoms with E-state index in [4.69, 9.17) is 15.2 Å². The van der Waals surface area contributed by atoms with Gasteiger partial charge in [-0.3, -0.25) is 0 Å². The van der Waals surface area contributed by atoms with Crippen LogP contribution in [0.5, 0.6) is 11.5 Å². The standard InChI is InChI=1S/C13H19N5O2/c1-13(2,3)18-12(15-16-17-18)9-6-8(19-4)7-10(20-5)11(9)14/h6-7H,14H2,1-5H3. The van der Waals surface area contributed by atoms with Crippen molar-refractivity contribution in [2.45, 2.75) is 26.3 Å². The first-order valence-corrected chi connectivity index (χ1v) is 6.19. The highest BCUT2D eigenvalue weighted by Crippen LogP contribution is 2.37. The summed E-state index contributed by atoms with van der Waals surface area (Å²) >= 11 is 0. The number of nitrogens with zero attached hydrogens (tertiary/aromatic N) is 4. The lowest BCUT2D eigenvalue weighted by atomic mass is 10.1. The lowest BCUT2D eigenvalue weighted by Crippen LogP contribution is -2.24. The number of hydrogen-bond donors (Lipinski definition) is 1. The lowest BCUT2D eigenvalue weighted by Gasteiger charge is -2.21. The molecule has 0 bridgehead atoms. The Kier molecular flexibility index (Phi) is 3.52. The number of anilines is 1. The predicted molar refractivity (Wildman–Crippen MR) is 75.8 cm³/mol. The average Bonchev–Trinajstić information content (AvgIpc) is 2.88. The predicted octanol–water partition coefficient (Wildman–Crippen LogP) is 1.69. The minimum Gasteiger partial charge on any atom is -0.497 e. The van der Waals surface area contributed by atoms with Crippen molar-refractivity contribution in [1.82, 2.24) is 20.2 Å². The van der Waals surface area contributed by atoms with Gasteiger partial charge in [-0.25, -0.2) is 4.68 Å². The summed E-state index contributed by atoms with van der Waals surface area (Å²) in [5.74, 6) is 1.74. The molecule has 0 amide bonds. The maximum absolute atomic E-state index is 6.13. The molecule has 0 saturated heterocycles. The second kappa shape index (κ2) is 4.99. The van der Waals surface area contributed by atoms with Crippen LogP contribution in [0.4, 0.5) is 5.69 Å². The fraction of sp³-hybridized carbons (Fsp3) is 0.462. The van der Waals surface area contributed by atoms with Crippen LogP contribution >= 0.6 is 0 Å². The van der Waals surface area contributed by atoms with Crippen LogP contribution in [-0.2, 0) is 5.54 Å². The molecule has 7 nitrogen and oxygen atoms in total. The molecule has 0 atom stereocenters. The van der Waals surface area contributed by atoms with E-state index in [2.05, 4.69) is 15.5 Å². The smallest absolute Gasteiger partial charge is 0.184 e. The van der Waals surface area contributed by atoms with Gasteiger partial charge in [0.1, 0.15) is 11.5 Å². The number of methoxy groups -OCH3 is 2. The Morgan fingerprint density at radius 1 is 1.15 bits per heavy atom. The molecule has 0 aliphatic carbocycles. The van der Waals surface area contributed by atoms with Gasteiger partial charge in [0.05, 0.1) is 31.0 Å². The fourth-order valence-electron chi connectivity index (χ4n) is 1.88. The third kappa shape index (κ3) is 2.38. The number of nitrogens with two attached hydrogens (primary N) is 1. The molecule has 1 aromatic carbocycles. The van der Waals surface area contributed by atoms with E-state index in [1.54, 1.807) is 31.0 Å². The summed E-state index contributed by atoms with van der Waals surface area (Å²) < 4.78 is 12.3. The van der Waals surface area contributed by atoms with Crippen molar-refractivity contribution < 1.29 is 9.47 Å². The van der Waals surface area contributed by atoms with Crippen LogP contribution in [0.2, 0.25) is 0 Å². The van der Waals surface area contributed by atoms with Crippen LogP contribution in [0, 0.1) is 0 Å².